The van der Waals surface area contributed by atoms with Crippen molar-refractivity contribution in [1.82, 2.24) is 0 Å². The second-order valence-electron chi connectivity index (χ2n) is 2.95. The van der Waals surface area contributed by atoms with Crippen molar-refractivity contribution in [3.63, 3.8) is 0 Å². The summed E-state index contributed by atoms with van der Waals surface area (Å²) in [5.41, 5.74) is 0. The fourth-order valence-corrected chi connectivity index (χ4v) is 1.03. The number of ether oxygens (including phenoxy) is 2. The van der Waals surface area contributed by atoms with Gasteiger partial charge in [0.05, 0.1) is 19.5 Å². The summed E-state index contributed by atoms with van der Waals surface area (Å²) in [6.45, 7) is 4.88. The van der Waals surface area contributed by atoms with E-state index in [1.807, 2.05) is 30.3 Å². The van der Waals surface area contributed by atoms with E-state index in [1.54, 1.807) is 18.4 Å². The minimum atomic E-state index is 0.664. The Morgan fingerprint density at radius 1 is 1.13 bits per heavy atom. The van der Waals surface area contributed by atoms with E-state index in [1.165, 1.54) is 0 Å². The molecule has 0 aliphatic carbocycles. The molecule has 1 aromatic rings. The first-order chi connectivity index (χ1) is 7.43. The lowest BCUT2D eigenvalue weighted by atomic mass is 10.3. The molecule has 0 aliphatic heterocycles. The average molecular weight is 204 g/mol. The van der Waals surface area contributed by atoms with Crippen LogP contribution >= 0.6 is 0 Å². The van der Waals surface area contributed by atoms with Crippen molar-refractivity contribution in [2.24, 2.45) is 0 Å². The van der Waals surface area contributed by atoms with Crippen LogP contribution in [0.1, 0.15) is 6.42 Å². The average Bonchev–Trinajstić information content (AvgIpc) is 2.29. The summed E-state index contributed by atoms with van der Waals surface area (Å²) < 4.78 is 10.7. The fraction of sp³-hybridized carbons (Fsp3) is 0.231. The van der Waals surface area contributed by atoms with Crippen LogP contribution < -0.4 is 4.74 Å². The van der Waals surface area contributed by atoms with Crippen LogP contribution in [-0.2, 0) is 4.74 Å². The van der Waals surface area contributed by atoms with Crippen molar-refractivity contribution in [1.29, 1.82) is 0 Å². The van der Waals surface area contributed by atoms with E-state index >= 15 is 0 Å². The van der Waals surface area contributed by atoms with Crippen LogP contribution in [-0.4, -0.2) is 13.2 Å². The molecule has 80 valence electrons. The molecule has 0 bridgehead atoms. The number of hydrogen-bond acceptors (Lipinski definition) is 2. The molecule has 2 heteroatoms. The Bertz CT molecular complexity index is 291. The SMILES string of the molecule is C=CC=COCCCOc1ccccc1. The topological polar surface area (TPSA) is 18.5 Å². The highest BCUT2D eigenvalue weighted by atomic mass is 16.5. The minimum Gasteiger partial charge on any atom is -0.501 e. The molecule has 0 aliphatic rings. The first-order valence-electron chi connectivity index (χ1n) is 5.00. The molecule has 0 radical (unpaired) electrons. The quantitative estimate of drug-likeness (QED) is 0.386. The third-order valence-corrected chi connectivity index (χ3v) is 1.73. The summed E-state index contributed by atoms with van der Waals surface area (Å²) in [6.07, 6.45) is 5.95. The second-order valence-corrected chi connectivity index (χ2v) is 2.95. The zero-order chi connectivity index (χ0) is 10.8. The zero-order valence-corrected chi connectivity index (χ0v) is 8.76. The highest BCUT2D eigenvalue weighted by Crippen LogP contribution is 2.08. The van der Waals surface area contributed by atoms with E-state index in [2.05, 4.69) is 6.58 Å². The lowest BCUT2D eigenvalue weighted by Crippen LogP contribution is -2.00. The molecule has 0 fully saturated rings. The third kappa shape index (κ3) is 5.57. The van der Waals surface area contributed by atoms with Gasteiger partial charge in [-0.25, -0.2) is 0 Å². The van der Waals surface area contributed by atoms with Crippen molar-refractivity contribution < 1.29 is 9.47 Å². The first-order valence-corrected chi connectivity index (χ1v) is 5.00. The van der Waals surface area contributed by atoms with E-state index < -0.39 is 0 Å². The number of benzene rings is 1. The molecule has 0 heterocycles. The van der Waals surface area contributed by atoms with Crippen molar-refractivity contribution in [3.05, 3.63) is 55.3 Å². The predicted octanol–water partition coefficient (Wildman–Crippen LogP) is 3.17. The first kappa shape index (κ1) is 11.4. The Morgan fingerprint density at radius 3 is 2.67 bits per heavy atom. The van der Waals surface area contributed by atoms with Crippen molar-refractivity contribution >= 4 is 0 Å². The normalized spacial score (nSPS) is 10.1. The van der Waals surface area contributed by atoms with E-state index in [4.69, 9.17) is 9.47 Å². The lowest BCUT2D eigenvalue weighted by molar-refractivity contribution is 0.209. The molecule has 0 saturated heterocycles. The molecular weight excluding hydrogens is 188 g/mol. The van der Waals surface area contributed by atoms with Crippen LogP contribution in [0, 0.1) is 0 Å². The standard InChI is InChI=1S/C13H16O2/c1-2-3-10-14-11-7-12-15-13-8-5-4-6-9-13/h2-6,8-10H,1,7,11-12H2. The summed E-state index contributed by atoms with van der Waals surface area (Å²) in [6, 6.07) is 9.77. The summed E-state index contributed by atoms with van der Waals surface area (Å²) in [5, 5.41) is 0. The molecule has 15 heavy (non-hydrogen) atoms. The summed E-state index contributed by atoms with van der Waals surface area (Å²) in [4.78, 5) is 0. The van der Waals surface area contributed by atoms with Gasteiger partial charge in [-0.1, -0.05) is 30.9 Å². The molecule has 0 spiro atoms. The molecule has 1 rings (SSSR count). The van der Waals surface area contributed by atoms with Crippen LogP contribution in [0.25, 0.3) is 0 Å². The van der Waals surface area contributed by atoms with Crippen molar-refractivity contribution in [3.8, 4) is 5.75 Å². The smallest absolute Gasteiger partial charge is 0.119 e. The Labute approximate surface area is 90.8 Å². The van der Waals surface area contributed by atoms with Gasteiger partial charge in [0.2, 0.25) is 0 Å². The van der Waals surface area contributed by atoms with Gasteiger partial charge in [0, 0.05) is 6.42 Å². The molecule has 2 nitrogen and oxygen atoms in total. The van der Waals surface area contributed by atoms with Gasteiger partial charge < -0.3 is 9.47 Å². The van der Waals surface area contributed by atoms with E-state index in [-0.39, 0.29) is 0 Å². The molecule has 0 atom stereocenters. The second kappa shape index (κ2) is 7.68. The summed E-state index contributed by atoms with van der Waals surface area (Å²) in [5.74, 6) is 0.902. The van der Waals surface area contributed by atoms with Crippen LogP contribution in [0.4, 0.5) is 0 Å². The summed E-state index contributed by atoms with van der Waals surface area (Å²) in [7, 11) is 0. The molecule has 1 aromatic carbocycles. The number of rotatable bonds is 7. The lowest BCUT2D eigenvalue weighted by Gasteiger charge is -2.05. The summed E-state index contributed by atoms with van der Waals surface area (Å²) >= 11 is 0. The molecule has 0 saturated carbocycles. The van der Waals surface area contributed by atoms with Crippen LogP contribution in [0.5, 0.6) is 5.75 Å². The van der Waals surface area contributed by atoms with E-state index in [9.17, 15) is 0 Å². The number of hydrogen-bond donors (Lipinski definition) is 0. The molecule has 0 amide bonds. The van der Waals surface area contributed by atoms with Crippen LogP contribution in [0.2, 0.25) is 0 Å². The molecule has 0 unspecified atom stereocenters. The molecular formula is C13H16O2. The van der Waals surface area contributed by atoms with Gasteiger partial charge in [0.1, 0.15) is 5.75 Å². The van der Waals surface area contributed by atoms with Crippen molar-refractivity contribution in [2.75, 3.05) is 13.2 Å². The Hall–Kier alpha value is -1.70. The maximum atomic E-state index is 5.49. The van der Waals surface area contributed by atoms with Gasteiger partial charge in [-0.05, 0) is 18.2 Å². The molecule has 0 aromatic heterocycles. The largest absolute Gasteiger partial charge is 0.501 e. The van der Waals surface area contributed by atoms with Gasteiger partial charge >= 0.3 is 0 Å². The van der Waals surface area contributed by atoms with Gasteiger partial charge in [0.15, 0.2) is 0 Å². The van der Waals surface area contributed by atoms with Crippen LogP contribution in [0.3, 0.4) is 0 Å². The maximum absolute atomic E-state index is 5.49. The monoisotopic (exact) mass is 204 g/mol. The van der Waals surface area contributed by atoms with E-state index in [0.717, 1.165) is 12.2 Å². The highest BCUT2D eigenvalue weighted by molar-refractivity contribution is 5.20. The minimum absolute atomic E-state index is 0.664. The van der Waals surface area contributed by atoms with Crippen molar-refractivity contribution in [2.45, 2.75) is 6.42 Å². The molecule has 0 N–H and O–H groups in total. The number of allylic oxidation sites excluding steroid dienone is 2. The predicted molar refractivity (Wildman–Crippen MR) is 61.8 cm³/mol. The van der Waals surface area contributed by atoms with Gasteiger partial charge in [-0.15, -0.1) is 0 Å². The van der Waals surface area contributed by atoms with Gasteiger partial charge in [-0.2, -0.15) is 0 Å². The van der Waals surface area contributed by atoms with E-state index in [0.29, 0.717) is 13.2 Å². The zero-order valence-electron chi connectivity index (χ0n) is 8.76. The van der Waals surface area contributed by atoms with Gasteiger partial charge in [-0.3, -0.25) is 0 Å². The highest BCUT2D eigenvalue weighted by Gasteiger charge is 1.90. The fourth-order valence-electron chi connectivity index (χ4n) is 1.03. The Balaban J connectivity index is 2.02. The third-order valence-electron chi connectivity index (χ3n) is 1.73. The Morgan fingerprint density at radius 2 is 1.93 bits per heavy atom. The maximum Gasteiger partial charge on any atom is 0.119 e. The Kier molecular flexibility index (Phi) is 5.82. The van der Waals surface area contributed by atoms with Crippen LogP contribution in [0.15, 0.2) is 55.3 Å². The van der Waals surface area contributed by atoms with Gasteiger partial charge in [0.25, 0.3) is 0 Å². The number of para-hydroxylation sites is 1.